The van der Waals surface area contributed by atoms with E-state index in [0.717, 1.165) is 17.1 Å². The number of rotatable bonds is 7. The second-order valence-corrected chi connectivity index (χ2v) is 6.33. The van der Waals surface area contributed by atoms with Gasteiger partial charge in [0.25, 0.3) is 0 Å². The minimum Gasteiger partial charge on any atom is -0.497 e. The summed E-state index contributed by atoms with van der Waals surface area (Å²) in [5.74, 6) is 1.29. The second-order valence-electron chi connectivity index (χ2n) is 6.33. The summed E-state index contributed by atoms with van der Waals surface area (Å²) in [5, 5.41) is 10.6. The number of nitrogens with one attached hydrogen (secondary N) is 2. The van der Waals surface area contributed by atoms with E-state index < -0.39 is 0 Å². The molecule has 6 heteroatoms. The van der Waals surface area contributed by atoms with Crippen LogP contribution in [0.5, 0.6) is 11.5 Å². The number of benzene rings is 3. The molecule has 3 rings (SSSR count). The van der Waals surface area contributed by atoms with Gasteiger partial charge in [-0.25, -0.2) is 4.39 Å². The van der Waals surface area contributed by atoms with Crippen molar-refractivity contribution in [2.75, 3.05) is 19.0 Å². The lowest BCUT2D eigenvalue weighted by atomic mass is 10.1. The Morgan fingerprint density at radius 1 is 1.03 bits per heavy atom. The fourth-order valence-corrected chi connectivity index (χ4v) is 2.34. The minimum atomic E-state index is -0.285. The lowest BCUT2D eigenvalue weighted by Gasteiger charge is -2.13. The molecular weight excluding hydrogens is 369 g/mol. The van der Waals surface area contributed by atoms with Gasteiger partial charge in [-0.1, -0.05) is 18.2 Å². The molecule has 1 atom stereocenters. The van der Waals surface area contributed by atoms with Gasteiger partial charge in [0.2, 0.25) is 0 Å². The summed E-state index contributed by atoms with van der Waals surface area (Å²) in [6.45, 7) is 2.28. The van der Waals surface area contributed by atoms with Crippen molar-refractivity contribution in [2.24, 2.45) is 5.73 Å². The predicted octanol–water partition coefficient (Wildman–Crippen LogP) is 4.99. The molecule has 0 heterocycles. The molecule has 0 aliphatic heterocycles. The molecule has 0 fully saturated rings. The van der Waals surface area contributed by atoms with Gasteiger partial charge in [-0.3, -0.25) is 0 Å². The molecule has 29 heavy (non-hydrogen) atoms. The van der Waals surface area contributed by atoms with Crippen molar-refractivity contribution < 1.29 is 13.9 Å². The number of nitrogens with two attached hydrogens (primary N) is 1. The van der Waals surface area contributed by atoms with Crippen molar-refractivity contribution in [3.8, 4) is 11.5 Å². The maximum absolute atomic E-state index is 12.9. The van der Waals surface area contributed by atoms with E-state index in [-0.39, 0.29) is 11.9 Å². The topological polar surface area (TPSA) is 80.4 Å². The molecule has 0 aromatic heterocycles. The molecule has 0 aliphatic rings. The SMILES string of the molecule is CC(N)COc1ccc(Nc2ccc(F)cc2)c(C=N)c1.COc1ccccc1. The predicted molar refractivity (Wildman–Crippen MR) is 116 cm³/mol. The lowest BCUT2D eigenvalue weighted by Crippen LogP contribution is -2.23. The first kappa shape index (κ1) is 21.9. The van der Waals surface area contributed by atoms with Crippen molar-refractivity contribution in [1.82, 2.24) is 0 Å². The van der Waals surface area contributed by atoms with E-state index in [1.165, 1.54) is 18.3 Å². The van der Waals surface area contributed by atoms with E-state index in [9.17, 15) is 4.39 Å². The molecule has 0 saturated heterocycles. The van der Waals surface area contributed by atoms with Crippen molar-refractivity contribution in [2.45, 2.75) is 13.0 Å². The Morgan fingerprint density at radius 3 is 2.28 bits per heavy atom. The maximum Gasteiger partial charge on any atom is 0.123 e. The van der Waals surface area contributed by atoms with Gasteiger partial charge in [-0.15, -0.1) is 0 Å². The Labute approximate surface area is 170 Å². The summed E-state index contributed by atoms with van der Waals surface area (Å²) in [7, 11) is 1.66. The van der Waals surface area contributed by atoms with Crippen LogP contribution in [-0.4, -0.2) is 26.0 Å². The Kier molecular flexibility index (Phi) is 8.66. The first-order chi connectivity index (χ1) is 14.0. The Bertz CT molecular complexity index is 884. The smallest absolute Gasteiger partial charge is 0.123 e. The Morgan fingerprint density at radius 2 is 1.72 bits per heavy atom. The molecule has 0 radical (unpaired) electrons. The third kappa shape index (κ3) is 7.63. The highest BCUT2D eigenvalue weighted by atomic mass is 19.1. The van der Waals surface area contributed by atoms with Gasteiger partial charge in [0.15, 0.2) is 0 Å². The van der Waals surface area contributed by atoms with Crippen LogP contribution in [0.3, 0.4) is 0 Å². The van der Waals surface area contributed by atoms with Crippen molar-refractivity contribution >= 4 is 17.6 Å². The van der Waals surface area contributed by atoms with Gasteiger partial charge in [0, 0.05) is 29.2 Å². The van der Waals surface area contributed by atoms with E-state index in [2.05, 4.69) is 5.32 Å². The van der Waals surface area contributed by atoms with Gasteiger partial charge in [0.05, 0.1) is 7.11 Å². The lowest BCUT2D eigenvalue weighted by molar-refractivity contribution is 0.296. The second kappa shape index (κ2) is 11.5. The first-order valence-corrected chi connectivity index (χ1v) is 9.16. The largest absolute Gasteiger partial charge is 0.497 e. The summed E-state index contributed by atoms with van der Waals surface area (Å²) in [6.07, 6.45) is 1.24. The number of hydrogen-bond acceptors (Lipinski definition) is 5. The molecule has 3 aromatic carbocycles. The van der Waals surface area contributed by atoms with Crippen LogP contribution in [0.1, 0.15) is 12.5 Å². The fraction of sp³-hybridized carbons (Fsp3) is 0.174. The van der Waals surface area contributed by atoms with Crippen molar-refractivity contribution in [1.29, 1.82) is 5.41 Å². The highest BCUT2D eigenvalue weighted by Gasteiger charge is 2.05. The Balaban J connectivity index is 0.000000313. The molecule has 4 N–H and O–H groups in total. The summed E-state index contributed by atoms with van der Waals surface area (Å²) >= 11 is 0. The highest BCUT2D eigenvalue weighted by molar-refractivity contribution is 5.88. The zero-order valence-corrected chi connectivity index (χ0v) is 16.6. The van der Waals surface area contributed by atoms with Gasteiger partial charge in [0.1, 0.15) is 23.9 Å². The average Bonchev–Trinajstić information content (AvgIpc) is 2.75. The standard InChI is InChI=1S/C16H18FN3O.C7H8O/c1-11(19)10-21-15-6-7-16(12(8-15)9-18)20-14-4-2-13(17)3-5-14;1-8-7-5-3-2-4-6-7/h2-9,11,18,20H,10,19H2,1H3;2-6H,1H3. The zero-order chi connectivity index (χ0) is 21.1. The summed E-state index contributed by atoms with van der Waals surface area (Å²) in [5.41, 5.74) is 7.83. The van der Waals surface area contributed by atoms with Crippen LogP contribution >= 0.6 is 0 Å². The molecular formula is C23H26FN3O2. The van der Waals surface area contributed by atoms with E-state index in [1.54, 1.807) is 31.4 Å². The van der Waals surface area contributed by atoms with Crippen LogP contribution in [0.4, 0.5) is 15.8 Å². The quantitative estimate of drug-likeness (QED) is 0.493. The van der Waals surface area contributed by atoms with E-state index >= 15 is 0 Å². The number of methoxy groups -OCH3 is 1. The third-order valence-electron chi connectivity index (χ3n) is 3.79. The molecule has 3 aromatic rings. The van der Waals surface area contributed by atoms with Crippen LogP contribution in [-0.2, 0) is 0 Å². The highest BCUT2D eigenvalue weighted by Crippen LogP contribution is 2.24. The van der Waals surface area contributed by atoms with E-state index in [0.29, 0.717) is 17.9 Å². The van der Waals surface area contributed by atoms with Crippen molar-refractivity contribution in [3.63, 3.8) is 0 Å². The van der Waals surface area contributed by atoms with Crippen LogP contribution in [0, 0.1) is 11.2 Å². The van der Waals surface area contributed by atoms with Gasteiger partial charge in [-0.05, 0) is 61.5 Å². The number of anilines is 2. The molecule has 152 valence electrons. The normalized spacial score (nSPS) is 10.9. The van der Waals surface area contributed by atoms with Gasteiger partial charge < -0.3 is 25.9 Å². The summed E-state index contributed by atoms with van der Waals surface area (Å²) in [6, 6.07) is 21.1. The Hall–Kier alpha value is -3.38. The molecule has 0 bridgehead atoms. The van der Waals surface area contributed by atoms with Gasteiger partial charge >= 0.3 is 0 Å². The van der Waals surface area contributed by atoms with Crippen LogP contribution in [0.15, 0.2) is 72.8 Å². The molecule has 1 unspecified atom stereocenters. The van der Waals surface area contributed by atoms with Crippen molar-refractivity contribution in [3.05, 3.63) is 84.2 Å². The number of ether oxygens (including phenoxy) is 2. The van der Waals surface area contributed by atoms with Gasteiger partial charge in [-0.2, -0.15) is 0 Å². The van der Waals surface area contributed by atoms with E-state index in [4.69, 9.17) is 20.6 Å². The van der Waals surface area contributed by atoms with Crippen LogP contribution < -0.4 is 20.5 Å². The minimum absolute atomic E-state index is 0.0505. The molecule has 0 amide bonds. The summed E-state index contributed by atoms with van der Waals surface area (Å²) in [4.78, 5) is 0. The molecule has 0 spiro atoms. The molecule has 0 aliphatic carbocycles. The van der Waals surface area contributed by atoms with E-state index in [1.807, 2.05) is 43.3 Å². The average molecular weight is 395 g/mol. The molecule has 5 nitrogen and oxygen atoms in total. The number of hydrogen-bond donors (Lipinski definition) is 3. The zero-order valence-electron chi connectivity index (χ0n) is 16.6. The third-order valence-corrected chi connectivity index (χ3v) is 3.79. The first-order valence-electron chi connectivity index (χ1n) is 9.16. The number of para-hydroxylation sites is 1. The number of halogens is 1. The molecule has 0 saturated carbocycles. The summed E-state index contributed by atoms with van der Waals surface area (Å²) < 4.78 is 23.3. The fourth-order valence-electron chi connectivity index (χ4n) is 2.34. The van der Waals surface area contributed by atoms with Crippen LogP contribution in [0.2, 0.25) is 0 Å². The maximum atomic E-state index is 12.9. The van der Waals surface area contributed by atoms with Crippen LogP contribution in [0.25, 0.3) is 0 Å². The monoisotopic (exact) mass is 395 g/mol.